The number of nitrogens with zero attached hydrogens (tertiary/aromatic N) is 2. The van der Waals surface area contributed by atoms with Crippen molar-refractivity contribution in [1.82, 2.24) is 9.55 Å². The summed E-state index contributed by atoms with van der Waals surface area (Å²) in [6.45, 7) is 4.28. The van der Waals surface area contributed by atoms with E-state index in [4.69, 9.17) is 4.74 Å². The molecule has 0 aliphatic heterocycles. The molecule has 0 bridgehead atoms. The molecule has 0 fully saturated rings. The van der Waals surface area contributed by atoms with Crippen LogP contribution in [-0.2, 0) is 16.1 Å². The van der Waals surface area contributed by atoms with Crippen molar-refractivity contribution in [3.63, 3.8) is 0 Å². The molecule has 1 N–H and O–H groups in total. The van der Waals surface area contributed by atoms with Gasteiger partial charge in [-0.05, 0) is 38.1 Å². The van der Waals surface area contributed by atoms with Gasteiger partial charge < -0.3 is 10.1 Å². The largest absolute Gasteiger partial charge is 0.462 e. The fourth-order valence-electron chi connectivity index (χ4n) is 2.83. The number of hydrogen-bond donors (Lipinski definition) is 1. The first-order valence-electron chi connectivity index (χ1n) is 9.23. The molecule has 0 unspecified atom stereocenters. The van der Waals surface area contributed by atoms with Crippen LogP contribution in [0, 0.1) is 0 Å². The first-order chi connectivity index (χ1) is 14.0. The topological polar surface area (TPSA) is 90.3 Å². The SMILES string of the molecule is CCOC(=O)c1ccccc1NC(=O)CSc1nc2ccccc2c(=O)n1CC. The van der Waals surface area contributed by atoms with Crippen LogP contribution >= 0.6 is 11.8 Å². The first kappa shape index (κ1) is 20.6. The Morgan fingerprint density at radius 3 is 2.59 bits per heavy atom. The number of thioether (sulfide) groups is 1. The number of anilines is 1. The molecule has 3 aromatic rings. The number of carbonyl (C=O) groups is 2. The molecule has 0 aliphatic carbocycles. The van der Waals surface area contributed by atoms with Crippen LogP contribution in [0.2, 0.25) is 0 Å². The van der Waals surface area contributed by atoms with Crippen molar-refractivity contribution in [3.05, 3.63) is 64.4 Å². The summed E-state index contributed by atoms with van der Waals surface area (Å²) in [4.78, 5) is 41.7. The Morgan fingerprint density at radius 2 is 1.83 bits per heavy atom. The molecule has 29 heavy (non-hydrogen) atoms. The lowest BCUT2D eigenvalue weighted by atomic mass is 10.2. The van der Waals surface area contributed by atoms with E-state index >= 15 is 0 Å². The van der Waals surface area contributed by atoms with Crippen molar-refractivity contribution in [2.75, 3.05) is 17.7 Å². The average molecular weight is 411 g/mol. The van der Waals surface area contributed by atoms with Crippen LogP contribution in [0.4, 0.5) is 5.69 Å². The van der Waals surface area contributed by atoms with Crippen molar-refractivity contribution in [2.45, 2.75) is 25.5 Å². The summed E-state index contributed by atoms with van der Waals surface area (Å²) in [7, 11) is 0. The maximum atomic E-state index is 12.7. The van der Waals surface area contributed by atoms with Gasteiger partial charge in [-0.1, -0.05) is 36.0 Å². The highest BCUT2D eigenvalue weighted by Gasteiger charge is 2.16. The fourth-order valence-corrected chi connectivity index (χ4v) is 3.70. The molecule has 1 aromatic heterocycles. The lowest BCUT2D eigenvalue weighted by molar-refractivity contribution is -0.113. The highest BCUT2D eigenvalue weighted by atomic mass is 32.2. The van der Waals surface area contributed by atoms with Crippen LogP contribution in [0.3, 0.4) is 0 Å². The lowest BCUT2D eigenvalue weighted by Crippen LogP contribution is -2.23. The van der Waals surface area contributed by atoms with Crippen LogP contribution < -0.4 is 10.9 Å². The lowest BCUT2D eigenvalue weighted by Gasteiger charge is -2.12. The zero-order valence-electron chi connectivity index (χ0n) is 16.2. The number of para-hydroxylation sites is 2. The zero-order valence-corrected chi connectivity index (χ0v) is 17.0. The smallest absolute Gasteiger partial charge is 0.340 e. The molecule has 0 saturated carbocycles. The summed E-state index contributed by atoms with van der Waals surface area (Å²) in [6, 6.07) is 13.8. The second kappa shape index (κ2) is 9.38. The van der Waals surface area contributed by atoms with Gasteiger partial charge in [0.15, 0.2) is 5.16 Å². The Kier molecular flexibility index (Phi) is 6.66. The molecule has 0 atom stereocenters. The highest BCUT2D eigenvalue weighted by molar-refractivity contribution is 7.99. The Labute approximate surface area is 172 Å². The predicted octanol–water partition coefficient (Wildman–Crippen LogP) is 3.32. The number of hydrogen-bond acceptors (Lipinski definition) is 6. The van der Waals surface area contributed by atoms with Gasteiger partial charge in [-0.3, -0.25) is 14.2 Å². The van der Waals surface area contributed by atoms with E-state index < -0.39 is 5.97 Å². The van der Waals surface area contributed by atoms with E-state index in [-0.39, 0.29) is 23.8 Å². The number of aromatic nitrogens is 2. The third kappa shape index (κ3) is 4.65. The predicted molar refractivity (Wildman–Crippen MR) is 113 cm³/mol. The number of benzene rings is 2. The Balaban J connectivity index is 1.77. The summed E-state index contributed by atoms with van der Waals surface area (Å²) in [6.07, 6.45) is 0. The van der Waals surface area contributed by atoms with Gasteiger partial charge in [0.25, 0.3) is 5.56 Å². The summed E-state index contributed by atoms with van der Waals surface area (Å²) in [5.41, 5.74) is 1.14. The molecule has 7 nitrogen and oxygen atoms in total. The standard InChI is InChI=1S/C21H21N3O4S/c1-3-24-19(26)14-9-5-7-11-16(14)23-21(24)29-13-18(25)22-17-12-8-6-10-15(17)20(27)28-4-2/h5-12H,3-4,13H2,1-2H3,(H,22,25). The van der Waals surface area contributed by atoms with E-state index in [0.29, 0.717) is 33.9 Å². The minimum atomic E-state index is -0.493. The van der Waals surface area contributed by atoms with Gasteiger partial charge in [-0.25, -0.2) is 9.78 Å². The molecular weight excluding hydrogens is 390 g/mol. The number of carbonyl (C=O) groups excluding carboxylic acids is 2. The second-order valence-electron chi connectivity index (χ2n) is 6.06. The first-order valence-corrected chi connectivity index (χ1v) is 10.2. The van der Waals surface area contributed by atoms with Gasteiger partial charge in [0.1, 0.15) is 0 Å². The number of amides is 1. The van der Waals surface area contributed by atoms with E-state index in [1.54, 1.807) is 54.0 Å². The minimum absolute atomic E-state index is 0.0436. The van der Waals surface area contributed by atoms with E-state index in [1.165, 1.54) is 11.8 Å². The maximum absolute atomic E-state index is 12.7. The van der Waals surface area contributed by atoms with Gasteiger partial charge >= 0.3 is 5.97 Å². The van der Waals surface area contributed by atoms with Crippen LogP contribution in [0.25, 0.3) is 10.9 Å². The van der Waals surface area contributed by atoms with Gasteiger partial charge in [0, 0.05) is 6.54 Å². The summed E-state index contributed by atoms with van der Waals surface area (Å²) in [5, 5.41) is 3.76. The van der Waals surface area contributed by atoms with Crippen LogP contribution in [0.15, 0.2) is 58.5 Å². The molecule has 150 valence electrons. The van der Waals surface area contributed by atoms with Crippen LogP contribution in [0.5, 0.6) is 0 Å². The number of ether oxygens (including phenoxy) is 1. The van der Waals surface area contributed by atoms with Crippen molar-refractivity contribution >= 4 is 40.2 Å². The number of esters is 1. The molecule has 1 heterocycles. The molecule has 0 radical (unpaired) electrons. The molecule has 3 rings (SSSR count). The summed E-state index contributed by atoms with van der Waals surface area (Å²) in [5.74, 6) is -0.758. The summed E-state index contributed by atoms with van der Waals surface area (Å²) >= 11 is 1.18. The number of nitrogens with one attached hydrogen (secondary N) is 1. The van der Waals surface area contributed by atoms with E-state index in [1.807, 2.05) is 13.0 Å². The third-order valence-electron chi connectivity index (χ3n) is 4.17. The van der Waals surface area contributed by atoms with E-state index in [2.05, 4.69) is 10.3 Å². The van der Waals surface area contributed by atoms with Crippen molar-refractivity contribution in [3.8, 4) is 0 Å². The molecular formula is C21H21N3O4S. The quantitative estimate of drug-likeness (QED) is 0.364. The van der Waals surface area contributed by atoms with Crippen LogP contribution in [0.1, 0.15) is 24.2 Å². The number of fused-ring (bicyclic) bond motifs is 1. The zero-order chi connectivity index (χ0) is 20.8. The van der Waals surface area contributed by atoms with E-state index in [0.717, 1.165) is 0 Å². The monoisotopic (exact) mass is 411 g/mol. The van der Waals surface area contributed by atoms with Crippen molar-refractivity contribution in [2.24, 2.45) is 0 Å². The Hall–Kier alpha value is -3.13. The second-order valence-corrected chi connectivity index (χ2v) is 7.01. The Morgan fingerprint density at radius 1 is 1.10 bits per heavy atom. The maximum Gasteiger partial charge on any atom is 0.340 e. The number of rotatable bonds is 7. The minimum Gasteiger partial charge on any atom is -0.462 e. The molecule has 0 aliphatic rings. The fraction of sp³-hybridized carbons (Fsp3) is 0.238. The molecule has 0 spiro atoms. The molecule has 2 aromatic carbocycles. The van der Waals surface area contributed by atoms with Gasteiger partial charge in [0.2, 0.25) is 5.91 Å². The van der Waals surface area contributed by atoms with Crippen molar-refractivity contribution in [1.29, 1.82) is 0 Å². The van der Waals surface area contributed by atoms with E-state index in [9.17, 15) is 14.4 Å². The molecule has 8 heteroatoms. The normalized spacial score (nSPS) is 10.7. The van der Waals surface area contributed by atoms with Gasteiger partial charge in [0.05, 0.1) is 34.5 Å². The third-order valence-corrected chi connectivity index (χ3v) is 5.15. The Bertz CT molecular complexity index is 1110. The average Bonchev–Trinajstić information content (AvgIpc) is 2.73. The van der Waals surface area contributed by atoms with Crippen molar-refractivity contribution < 1.29 is 14.3 Å². The molecule has 1 amide bonds. The summed E-state index contributed by atoms with van der Waals surface area (Å²) < 4.78 is 6.57. The highest BCUT2D eigenvalue weighted by Crippen LogP contribution is 2.20. The molecule has 0 saturated heterocycles. The van der Waals surface area contributed by atoms with Gasteiger partial charge in [-0.15, -0.1) is 0 Å². The van der Waals surface area contributed by atoms with Gasteiger partial charge in [-0.2, -0.15) is 0 Å². The van der Waals surface area contributed by atoms with Crippen LogP contribution in [-0.4, -0.2) is 33.8 Å².